The van der Waals surface area contributed by atoms with Crippen LogP contribution in [0.5, 0.6) is 0 Å². The Morgan fingerprint density at radius 1 is 0.935 bits per heavy atom. The van der Waals surface area contributed by atoms with Gasteiger partial charge in [-0.1, -0.05) is 12.1 Å². The van der Waals surface area contributed by atoms with Gasteiger partial charge < -0.3 is 24.8 Å². The second-order valence-electron chi connectivity index (χ2n) is 9.35. The molecule has 2 aliphatic heterocycles. The van der Waals surface area contributed by atoms with Crippen molar-refractivity contribution in [2.75, 3.05) is 44.6 Å². The molecule has 0 unspecified atom stereocenters. The average molecular weight is 431 g/mol. The maximum Gasteiger partial charge on any atom is 0.410 e. The normalized spacial score (nSPS) is 18.0. The van der Waals surface area contributed by atoms with Crippen LogP contribution in [0, 0.1) is 12.8 Å². The summed E-state index contributed by atoms with van der Waals surface area (Å²) in [5.74, 6) is 0.0499. The van der Waals surface area contributed by atoms with E-state index in [0.717, 1.165) is 11.3 Å². The number of likely N-dealkylation sites (tertiary alicyclic amines) is 1. The maximum absolute atomic E-state index is 12.9. The Labute approximate surface area is 184 Å². The van der Waals surface area contributed by atoms with Crippen LogP contribution in [0.15, 0.2) is 24.3 Å². The molecule has 0 saturated carbocycles. The fraction of sp³-hybridized carbons (Fsp3) is 0.609. The van der Waals surface area contributed by atoms with Gasteiger partial charge in [-0.15, -0.1) is 0 Å². The zero-order valence-corrected chi connectivity index (χ0v) is 19.0. The van der Waals surface area contributed by atoms with E-state index in [1.807, 2.05) is 56.9 Å². The van der Waals surface area contributed by atoms with Crippen molar-refractivity contribution in [3.05, 3.63) is 29.8 Å². The third-order valence-corrected chi connectivity index (χ3v) is 5.64. The Kier molecular flexibility index (Phi) is 7.08. The number of hydrogen-bond acceptors (Lipinski definition) is 4. The summed E-state index contributed by atoms with van der Waals surface area (Å²) in [7, 11) is 0. The van der Waals surface area contributed by atoms with Crippen LogP contribution in [0.3, 0.4) is 0 Å². The average Bonchev–Trinajstić information content (AvgIpc) is 2.72. The summed E-state index contributed by atoms with van der Waals surface area (Å²) >= 11 is 0. The Bertz CT molecular complexity index is 804. The van der Waals surface area contributed by atoms with Crippen molar-refractivity contribution in [2.24, 2.45) is 5.92 Å². The van der Waals surface area contributed by atoms with E-state index in [9.17, 15) is 14.4 Å². The first kappa shape index (κ1) is 22.9. The number of urea groups is 1. The Balaban J connectivity index is 1.43. The first-order valence-corrected chi connectivity index (χ1v) is 11.0. The standard InChI is InChI=1S/C23H34N4O4/c1-17-6-5-7-19(16-17)24-21(29)26-14-12-25(13-15-26)20(28)18-8-10-27(11-9-18)22(30)31-23(2,3)4/h5-7,16,18H,8-15H2,1-4H3,(H,24,29). The van der Waals surface area contributed by atoms with E-state index < -0.39 is 5.60 Å². The minimum absolute atomic E-state index is 0.0774. The molecule has 170 valence electrons. The van der Waals surface area contributed by atoms with Crippen molar-refractivity contribution in [1.29, 1.82) is 0 Å². The number of ether oxygens (including phenoxy) is 1. The number of nitrogens with one attached hydrogen (secondary N) is 1. The highest BCUT2D eigenvalue weighted by molar-refractivity contribution is 5.89. The summed E-state index contributed by atoms with van der Waals surface area (Å²) in [6.45, 7) is 10.7. The van der Waals surface area contributed by atoms with Crippen molar-refractivity contribution in [1.82, 2.24) is 14.7 Å². The lowest BCUT2D eigenvalue weighted by molar-refractivity contribution is -0.138. The number of nitrogens with zero attached hydrogens (tertiary/aromatic N) is 3. The Morgan fingerprint density at radius 2 is 1.55 bits per heavy atom. The van der Waals surface area contributed by atoms with Crippen molar-refractivity contribution in [3.8, 4) is 0 Å². The van der Waals surface area contributed by atoms with Gasteiger partial charge in [0.2, 0.25) is 5.91 Å². The summed E-state index contributed by atoms with van der Waals surface area (Å²) in [4.78, 5) is 42.9. The Hall–Kier alpha value is -2.77. The van der Waals surface area contributed by atoms with Crippen LogP contribution in [0.2, 0.25) is 0 Å². The molecule has 0 radical (unpaired) electrons. The fourth-order valence-electron chi connectivity index (χ4n) is 3.95. The molecule has 8 heteroatoms. The highest BCUT2D eigenvalue weighted by Gasteiger charge is 2.33. The van der Waals surface area contributed by atoms with Crippen LogP contribution in [-0.2, 0) is 9.53 Å². The minimum atomic E-state index is -0.519. The van der Waals surface area contributed by atoms with Crippen LogP contribution in [0.1, 0.15) is 39.2 Å². The van der Waals surface area contributed by atoms with Gasteiger partial charge in [0, 0.05) is 50.9 Å². The molecule has 8 nitrogen and oxygen atoms in total. The summed E-state index contributed by atoms with van der Waals surface area (Å²) in [5, 5.41) is 2.93. The molecule has 2 fully saturated rings. The number of carbonyl (C=O) groups is 3. The zero-order valence-electron chi connectivity index (χ0n) is 19.0. The first-order valence-electron chi connectivity index (χ1n) is 11.0. The van der Waals surface area contributed by atoms with Gasteiger partial charge in [-0.3, -0.25) is 4.79 Å². The second-order valence-corrected chi connectivity index (χ2v) is 9.35. The van der Waals surface area contributed by atoms with Gasteiger partial charge in [0.25, 0.3) is 0 Å². The SMILES string of the molecule is Cc1cccc(NC(=O)N2CCN(C(=O)C3CCN(C(=O)OC(C)(C)C)CC3)CC2)c1. The van der Waals surface area contributed by atoms with Crippen LogP contribution in [-0.4, -0.2) is 77.6 Å². The summed E-state index contributed by atoms with van der Waals surface area (Å²) < 4.78 is 5.42. The quantitative estimate of drug-likeness (QED) is 0.780. The molecule has 0 bridgehead atoms. The number of amides is 4. The number of aryl methyl sites for hydroxylation is 1. The zero-order chi connectivity index (χ0) is 22.6. The van der Waals surface area contributed by atoms with Crippen molar-refractivity contribution < 1.29 is 19.1 Å². The monoisotopic (exact) mass is 430 g/mol. The third kappa shape index (κ3) is 6.35. The van der Waals surface area contributed by atoms with Gasteiger partial charge in [0.1, 0.15) is 5.60 Å². The van der Waals surface area contributed by atoms with Gasteiger partial charge in [0.15, 0.2) is 0 Å². The van der Waals surface area contributed by atoms with Crippen molar-refractivity contribution in [2.45, 2.75) is 46.1 Å². The molecule has 2 heterocycles. The molecule has 2 aliphatic rings. The first-order chi connectivity index (χ1) is 14.6. The predicted octanol–water partition coefficient (Wildman–Crippen LogP) is 3.32. The molecule has 1 N–H and O–H groups in total. The van der Waals surface area contributed by atoms with Gasteiger partial charge in [-0.2, -0.15) is 0 Å². The molecule has 4 amide bonds. The highest BCUT2D eigenvalue weighted by Crippen LogP contribution is 2.22. The molecular weight excluding hydrogens is 396 g/mol. The van der Waals surface area contributed by atoms with E-state index in [1.165, 1.54) is 0 Å². The number of piperazine rings is 1. The molecule has 0 aromatic heterocycles. The lowest BCUT2D eigenvalue weighted by Gasteiger charge is -2.38. The van der Waals surface area contributed by atoms with Gasteiger partial charge in [-0.25, -0.2) is 9.59 Å². The molecule has 2 saturated heterocycles. The van der Waals surface area contributed by atoms with Crippen molar-refractivity contribution in [3.63, 3.8) is 0 Å². The van der Waals surface area contributed by atoms with Crippen LogP contribution in [0.4, 0.5) is 15.3 Å². The number of hydrogen-bond donors (Lipinski definition) is 1. The third-order valence-electron chi connectivity index (χ3n) is 5.64. The smallest absolute Gasteiger partial charge is 0.410 e. The highest BCUT2D eigenvalue weighted by atomic mass is 16.6. The van der Waals surface area contributed by atoms with E-state index in [0.29, 0.717) is 52.1 Å². The molecule has 3 rings (SSSR count). The number of piperidine rings is 1. The van der Waals surface area contributed by atoms with Gasteiger partial charge in [-0.05, 0) is 58.2 Å². The Morgan fingerprint density at radius 3 is 2.13 bits per heavy atom. The van der Waals surface area contributed by atoms with E-state index in [-0.39, 0.29) is 23.9 Å². The van der Waals surface area contributed by atoms with Crippen LogP contribution in [0.25, 0.3) is 0 Å². The lowest BCUT2D eigenvalue weighted by atomic mass is 9.95. The van der Waals surface area contributed by atoms with Crippen LogP contribution >= 0.6 is 0 Å². The van der Waals surface area contributed by atoms with Crippen LogP contribution < -0.4 is 5.32 Å². The van der Waals surface area contributed by atoms with Gasteiger partial charge >= 0.3 is 12.1 Å². The number of benzene rings is 1. The number of carbonyl (C=O) groups excluding carboxylic acids is 3. The van der Waals surface area contributed by atoms with Crippen molar-refractivity contribution >= 4 is 23.7 Å². The lowest BCUT2D eigenvalue weighted by Crippen LogP contribution is -2.54. The predicted molar refractivity (Wildman–Crippen MR) is 119 cm³/mol. The molecule has 31 heavy (non-hydrogen) atoms. The summed E-state index contributed by atoms with van der Waals surface area (Å²) in [6.07, 6.45) is 0.977. The maximum atomic E-state index is 12.9. The molecule has 0 spiro atoms. The van der Waals surface area contributed by atoms with E-state index in [1.54, 1.807) is 9.80 Å². The van der Waals surface area contributed by atoms with E-state index in [4.69, 9.17) is 4.74 Å². The minimum Gasteiger partial charge on any atom is -0.444 e. The molecule has 0 aliphatic carbocycles. The van der Waals surface area contributed by atoms with E-state index in [2.05, 4.69) is 5.32 Å². The number of anilines is 1. The summed E-state index contributed by atoms with van der Waals surface area (Å²) in [5.41, 5.74) is 1.35. The van der Waals surface area contributed by atoms with Gasteiger partial charge in [0.05, 0.1) is 0 Å². The largest absolute Gasteiger partial charge is 0.444 e. The molecule has 0 atom stereocenters. The second kappa shape index (κ2) is 9.58. The molecular formula is C23H34N4O4. The molecule has 1 aromatic rings. The number of rotatable bonds is 2. The summed E-state index contributed by atoms with van der Waals surface area (Å²) in [6, 6.07) is 7.56. The molecule has 1 aromatic carbocycles. The topological polar surface area (TPSA) is 82.2 Å². The van der Waals surface area contributed by atoms with E-state index >= 15 is 0 Å². The fourth-order valence-corrected chi connectivity index (χ4v) is 3.95.